The van der Waals surface area contributed by atoms with Gasteiger partial charge in [0, 0.05) is 32.7 Å². The lowest BCUT2D eigenvalue weighted by Gasteiger charge is -2.12. The predicted octanol–water partition coefficient (Wildman–Crippen LogP) is 1.56. The normalized spacial score (nSPS) is 11.6. The van der Waals surface area contributed by atoms with Gasteiger partial charge in [0.15, 0.2) is 0 Å². The van der Waals surface area contributed by atoms with Crippen LogP contribution < -0.4 is 10.6 Å². The number of rotatable bonds is 8. The van der Waals surface area contributed by atoms with Crippen LogP contribution in [0, 0.1) is 0 Å². The van der Waals surface area contributed by atoms with Crippen molar-refractivity contribution in [3.05, 3.63) is 48.2 Å². The van der Waals surface area contributed by atoms with Gasteiger partial charge in [-0.05, 0) is 50.5 Å². The number of carbonyl (C=O) groups excluding carboxylic acids is 1. The molecule has 146 valence electrons. The Hall–Kier alpha value is -2.49. The number of hydrogen-bond acceptors (Lipinski definition) is 6. The van der Waals surface area contributed by atoms with Crippen LogP contribution in [0.2, 0.25) is 0 Å². The van der Waals surface area contributed by atoms with E-state index in [4.69, 9.17) is 0 Å². The summed E-state index contributed by atoms with van der Waals surface area (Å²) in [6.45, 7) is 1.66. The molecule has 0 aliphatic carbocycles. The topological polar surface area (TPSA) is 94.6 Å². The van der Waals surface area contributed by atoms with Crippen LogP contribution in [-0.2, 0) is 10.0 Å². The van der Waals surface area contributed by atoms with E-state index in [1.807, 2.05) is 14.1 Å². The van der Waals surface area contributed by atoms with Gasteiger partial charge in [0.1, 0.15) is 5.82 Å². The number of amides is 1. The average Bonchev–Trinajstić information content (AvgIpc) is 2.63. The van der Waals surface area contributed by atoms with E-state index in [1.54, 1.807) is 18.3 Å². The average molecular weight is 391 g/mol. The van der Waals surface area contributed by atoms with Crippen molar-refractivity contribution in [2.24, 2.45) is 0 Å². The third kappa shape index (κ3) is 5.75. The highest BCUT2D eigenvalue weighted by Gasteiger charge is 2.17. The summed E-state index contributed by atoms with van der Waals surface area (Å²) in [6.07, 6.45) is 1.57. The largest absolute Gasteiger partial charge is 0.369 e. The molecular weight excluding hydrogens is 366 g/mol. The number of benzene rings is 1. The molecule has 8 nitrogen and oxygen atoms in total. The number of nitrogens with zero attached hydrogens (tertiary/aromatic N) is 3. The first-order valence-electron chi connectivity index (χ1n) is 8.39. The Morgan fingerprint density at radius 2 is 1.70 bits per heavy atom. The van der Waals surface area contributed by atoms with Gasteiger partial charge in [-0.25, -0.2) is 17.7 Å². The molecule has 0 saturated carbocycles. The van der Waals surface area contributed by atoms with Crippen molar-refractivity contribution in [2.45, 2.75) is 4.90 Å². The zero-order valence-electron chi connectivity index (χ0n) is 15.9. The van der Waals surface area contributed by atoms with Gasteiger partial charge in [-0.3, -0.25) is 4.79 Å². The van der Waals surface area contributed by atoms with Gasteiger partial charge in [0.05, 0.1) is 16.8 Å². The van der Waals surface area contributed by atoms with E-state index in [-0.39, 0.29) is 10.8 Å². The molecule has 2 aromatic rings. The molecule has 9 heteroatoms. The Bertz CT molecular complexity index is 863. The molecule has 0 fully saturated rings. The SMILES string of the molecule is CN(C)CCNc1ccc(NC(=O)c2ccc(S(=O)(=O)N(C)C)cc2)cn1. The van der Waals surface area contributed by atoms with Gasteiger partial charge >= 0.3 is 0 Å². The smallest absolute Gasteiger partial charge is 0.255 e. The van der Waals surface area contributed by atoms with Crippen LogP contribution in [0.1, 0.15) is 10.4 Å². The molecule has 2 rings (SSSR count). The molecule has 2 N–H and O–H groups in total. The summed E-state index contributed by atoms with van der Waals surface area (Å²) in [4.78, 5) is 18.8. The number of pyridine rings is 1. The maximum atomic E-state index is 12.3. The van der Waals surface area contributed by atoms with E-state index >= 15 is 0 Å². The molecule has 0 aliphatic heterocycles. The summed E-state index contributed by atoms with van der Waals surface area (Å²) < 4.78 is 25.2. The number of sulfonamides is 1. The Morgan fingerprint density at radius 1 is 1.04 bits per heavy atom. The summed E-state index contributed by atoms with van der Waals surface area (Å²) in [5.74, 6) is 0.395. The van der Waals surface area contributed by atoms with E-state index < -0.39 is 10.0 Å². The van der Waals surface area contributed by atoms with Crippen LogP contribution >= 0.6 is 0 Å². The van der Waals surface area contributed by atoms with Crippen LogP contribution in [0.3, 0.4) is 0 Å². The quantitative estimate of drug-likeness (QED) is 0.709. The molecule has 0 bridgehead atoms. The fourth-order valence-corrected chi connectivity index (χ4v) is 3.07. The van der Waals surface area contributed by atoms with Crippen molar-refractivity contribution < 1.29 is 13.2 Å². The van der Waals surface area contributed by atoms with Crippen LogP contribution in [0.4, 0.5) is 11.5 Å². The van der Waals surface area contributed by atoms with E-state index in [1.165, 1.54) is 38.4 Å². The standard InChI is InChI=1S/C18H25N5O3S/c1-22(2)12-11-19-17-10-7-15(13-20-17)21-18(24)14-5-8-16(9-6-14)27(25,26)23(3)4/h5-10,13H,11-12H2,1-4H3,(H,19,20)(H,21,24). The summed E-state index contributed by atoms with van der Waals surface area (Å²) >= 11 is 0. The number of anilines is 2. The Labute approximate surface area is 160 Å². The molecule has 0 aliphatic rings. The number of nitrogens with one attached hydrogen (secondary N) is 2. The molecule has 0 unspecified atom stereocenters. The van der Waals surface area contributed by atoms with Crippen LogP contribution in [0.5, 0.6) is 0 Å². The number of carbonyl (C=O) groups is 1. The highest BCUT2D eigenvalue weighted by Crippen LogP contribution is 2.16. The van der Waals surface area contributed by atoms with Crippen molar-refractivity contribution in [1.82, 2.24) is 14.2 Å². The third-order valence-corrected chi connectivity index (χ3v) is 5.61. The first-order valence-corrected chi connectivity index (χ1v) is 9.83. The van der Waals surface area contributed by atoms with Crippen LogP contribution in [0.25, 0.3) is 0 Å². The first kappa shape index (κ1) is 20.8. The summed E-state index contributed by atoms with van der Waals surface area (Å²) in [5.41, 5.74) is 0.920. The van der Waals surface area contributed by atoms with Crippen LogP contribution in [-0.4, -0.2) is 69.8 Å². The maximum Gasteiger partial charge on any atom is 0.255 e. The highest BCUT2D eigenvalue weighted by molar-refractivity contribution is 7.89. The van der Waals surface area contributed by atoms with Crippen molar-refractivity contribution in [1.29, 1.82) is 0 Å². The summed E-state index contributed by atoms with van der Waals surface area (Å²) in [7, 11) is 3.40. The lowest BCUT2D eigenvalue weighted by atomic mass is 10.2. The van der Waals surface area contributed by atoms with Crippen molar-refractivity contribution in [3.8, 4) is 0 Å². The zero-order chi connectivity index (χ0) is 20.0. The van der Waals surface area contributed by atoms with Gasteiger partial charge in [-0.1, -0.05) is 0 Å². The molecule has 1 amide bonds. The lowest BCUT2D eigenvalue weighted by molar-refractivity contribution is 0.102. The Morgan fingerprint density at radius 3 is 2.22 bits per heavy atom. The molecule has 0 atom stereocenters. The fourth-order valence-electron chi connectivity index (χ4n) is 2.17. The lowest BCUT2D eigenvalue weighted by Crippen LogP contribution is -2.22. The molecule has 0 radical (unpaired) electrons. The molecule has 1 aromatic carbocycles. The van der Waals surface area contributed by atoms with Crippen LogP contribution in [0.15, 0.2) is 47.5 Å². The molecule has 0 saturated heterocycles. The third-order valence-electron chi connectivity index (χ3n) is 3.78. The van der Waals surface area contributed by atoms with Gasteiger partial charge in [0.25, 0.3) is 5.91 Å². The molecule has 27 heavy (non-hydrogen) atoms. The van der Waals surface area contributed by atoms with E-state index in [0.29, 0.717) is 11.3 Å². The van der Waals surface area contributed by atoms with E-state index in [2.05, 4.69) is 20.5 Å². The monoisotopic (exact) mass is 391 g/mol. The second-order valence-electron chi connectivity index (χ2n) is 6.43. The zero-order valence-corrected chi connectivity index (χ0v) is 16.7. The van der Waals surface area contributed by atoms with Gasteiger partial charge < -0.3 is 15.5 Å². The second kappa shape index (κ2) is 8.94. The van der Waals surface area contributed by atoms with Gasteiger partial charge in [0.2, 0.25) is 10.0 Å². The summed E-state index contributed by atoms with van der Waals surface area (Å²) in [5, 5.41) is 5.93. The Balaban J connectivity index is 1.99. The second-order valence-corrected chi connectivity index (χ2v) is 8.58. The predicted molar refractivity (Wildman–Crippen MR) is 107 cm³/mol. The molecular formula is C18H25N5O3S. The van der Waals surface area contributed by atoms with E-state index in [0.717, 1.165) is 23.2 Å². The fraction of sp³-hybridized carbons (Fsp3) is 0.333. The molecule has 1 heterocycles. The van der Waals surface area contributed by atoms with Gasteiger partial charge in [-0.2, -0.15) is 0 Å². The minimum Gasteiger partial charge on any atom is -0.369 e. The maximum absolute atomic E-state index is 12.3. The van der Waals surface area contributed by atoms with Crippen molar-refractivity contribution in [3.63, 3.8) is 0 Å². The summed E-state index contributed by atoms with van der Waals surface area (Å²) in [6, 6.07) is 9.35. The Kier molecular flexibility index (Phi) is 6.89. The number of likely N-dealkylation sites (N-methyl/N-ethyl adjacent to an activating group) is 1. The minimum atomic E-state index is -3.51. The van der Waals surface area contributed by atoms with Gasteiger partial charge in [-0.15, -0.1) is 0 Å². The number of hydrogen-bond donors (Lipinski definition) is 2. The molecule has 1 aromatic heterocycles. The highest BCUT2D eigenvalue weighted by atomic mass is 32.2. The van der Waals surface area contributed by atoms with E-state index in [9.17, 15) is 13.2 Å². The van der Waals surface area contributed by atoms with Crippen molar-refractivity contribution >= 4 is 27.4 Å². The van der Waals surface area contributed by atoms with Crippen molar-refractivity contribution in [2.75, 3.05) is 51.9 Å². The molecule has 0 spiro atoms. The first-order chi connectivity index (χ1) is 12.7. The minimum absolute atomic E-state index is 0.138. The number of aromatic nitrogens is 1.